The molecule has 1 aromatic heterocycles. The minimum absolute atomic E-state index is 0.0576. The third kappa shape index (κ3) is 4.80. The van der Waals surface area contributed by atoms with Gasteiger partial charge in [-0.05, 0) is 37.5 Å². The van der Waals surface area contributed by atoms with Gasteiger partial charge in [-0.3, -0.25) is 4.79 Å². The Morgan fingerprint density at radius 1 is 1.35 bits per heavy atom. The number of carbonyl (C=O) groups excluding carboxylic acids is 1. The molecule has 0 aliphatic carbocycles. The van der Waals surface area contributed by atoms with Gasteiger partial charge in [0.05, 0.1) is 11.4 Å². The van der Waals surface area contributed by atoms with Crippen molar-refractivity contribution in [3.63, 3.8) is 0 Å². The second-order valence-corrected chi connectivity index (χ2v) is 8.92. The molecule has 0 radical (unpaired) electrons. The normalized spacial score (nSPS) is 15.8. The lowest BCUT2D eigenvalue weighted by atomic mass is 10.1. The van der Waals surface area contributed by atoms with Crippen LogP contribution in [0, 0.1) is 6.92 Å². The summed E-state index contributed by atoms with van der Waals surface area (Å²) in [5.41, 5.74) is 0.851. The molecule has 0 saturated carbocycles. The van der Waals surface area contributed by atoms with E-state index in [0.29, 0.717) is 0 Å². The number of rotatable bonds is 6. The SMILES string of the molecule is Cc1cccc(S(=O)(=O)NCC(=O)NC2CCN(c3nccs3)CC2)c1. The molecule has 1 aliphatic rings. The van der Waals surface area contributed by atoms with Crippen LogP contribution >= 0.6 is 11.3 Å². The summed E-state index contributed by atoms with van der Waals surface area (Å²) >= 11 is 1.61. The summed E-state index contributed by atoms with van der Waals surface area (Å²) in [7, 11) is -3.68. The molecule has 0 unspecified atom stereocenters. The van der Waals surface area contributed by atoms with Crippen LogP contribution in [0.4, 0.5) is 5.13 Å². The number of carbonyl (C=O) groups is 1. The van der Waals surface area contributed by atoms with E-state index in [1.54, 1.807) is 29.7 Å². The van der Waals surface area contributed by atoms with Gasteiger partial charge in [-0.2, -0.15) is 0 Å². The molecule has 0 spiro atoms. The maximum absolute atomic E-state index is 12.3. The Kier molecular flexibility index (Phi) is 5.90. The highest BCUT2D eigenvalue weighted by Crippen LogP contribution is 2.21. The molecular formula is C17H22N4O3S2. The number of piperidine rings is 1. The molecular weight excluding hydrogens is 372 g/mol. The Morgan fingerprint density at radius 3 is 2.77 bits per heavy atom. The second kappa shape index (κ2) is 8.15. The fourth-order valence-electron chi connectivity index (χ4n) is 2.89. The van der Waals surface area contributed by atoms with Gasteiger partial charge in [0.2, 0.25) is 15.9 Å². The van der Waals surface area contributed by atoms with Gasteiger partial charge in [-0.25, -0.2) is 18.1 Å². The summed E-state index contributed by atoms with van der Waals surface area (Å²) < 4.78 is 26.9. The van der Waals surface area contributed by atoms with Crippen molar-refractivity contribution in [2.45, 2.75) is 30.7 Å². The molecule has 0 atom stereocenters. The second-order valence-electron chi connectivity index (χ2n) is 6.28. The zero-order valence-electron chi connectivity index (χ0n) is 14.5. The van der Waals surface area contributed by atoms with Crippen molar-refractivity contribution in [3.05, 3.63) is 41.4 Å². The standard InChI is InChI=1S/C17H22N4O3S2/c1-13-3-2-4-15(11-13)26(23,24)19-12-16(22)20-14-5-8-21(9-6-14)17-18-7-10-25-17/h2-4,7,10-11,14,19H,5-6,8-9,12H2,1H3,(H,20,22). The van der Waals surface area contributed by atoms with Crippen LogP contribution in [-0.2, 0) is 14.8 Å². The highest BCUT2D eigenvalue weighted by atomic mass is 32.2. The number of amides is 1. The molecule has 3 rings (SSSR count). The first kappa shape index (κ1) is 18.8. The van der Waals surface area contributed by atoms with Crippen LogP contribution in [0.15, 0.2) is 40.7 Å². The first-order chi connectivity index (χ1) is 12.4. The third-order valence-corrected chi connectivity index (χ3v) is 6.50. The van der Waals surface area contributed by atoms with Crippen LogP contribution in [0.25, 0.3) is 0 Å². The molecule has 7 nitrogen and oxygen atoms in total. The third-order valence-electron chi connectivity index (χ3n) is 4.27. The van der Waals surface area contributed by atoms with E-state index in [1.165, 1.54) is 6.07 Å². The molecule has 140 valence electrons. The summed E-state index contributed by atoms with van der Waals surface area (Å²) in [6, 6.07) is 6.65. The van der Waals surface area contributed by atoms with Gasteiger partial charge < -0.3 is 10.2 Å². The monoisotopic (exact) mass is 394 g/mol. The van der Waals surface area contributed by atoms with Crippen molar-refractivity contribution in [2.75, 3.05) is 24.5 Å². The zero-order chi connectivity index (χ0) is 18.6. The smallest absolute Gasteiger partial charge is 0.241 e. The van der Waals surface area contributed by atoms with Crippen LogP contribution in [0.2, 0.25) is 0 Å². The van der Waals surface area contributed by atoms with E-state index >= 15 is 0 Å². The van der Waals surface area contributed by atoms with Gasteiger partial charge in [0.25, 0.3) is 0 Å². The lowest BCUT2D eigenvalue weighted by Crippen LogP contribution is -2.47. The molecule has 1 fully saturated rings. The van der Waals surface area contributed by atoms with E-state index in [-0.39, 0.29) is 23.4 Å². The van der Waals surface area contributed by atoms with Crippen LogP contribution < -0.4 is 14.9 Å². The predicted molar refractivity (Wildman–Crippen MR) is 102 cm³/mol. The van der Waals surface area contributed by atoms with E-state index in [1.807, 2.05) is 18.4 Å². The van der Waals surface area contributed by atoms with E-state index in [2.05, 4.69) is 19.9 Å². The Labute approximate surface area is 157 Å². The number of hydrogen-bond donors (Lipinski definition) is 2. The van der Waals surface area contributed by atoms with Gasteiger partial charge in [-0.1, -0.05) is 12.1 Å². The number of anilines is 1. The van der Waals surface area contributed by atoms with E-state index in [9.17, 15) is 13.2 Å². The first-order valence-electron chi connectivity index (χ1n) is 8.44. The molecule has 2 heterocycles. The Morgan fingerprint density at radius 2 is 2.12 bits per heavy atom. The van der Waals surface area contributed by atoms with Crippen molar-refractivity contribution in [2.24, 2.45) is 0 Å². The number of nitrogens with zero attached hydrogens (tertiary/aromatic N) is 2. The van der Waals surface area contributed by atoms with E-state index in [0.717, 1.165) is 36.6 Å². The van der Waals surface area contributed by atoms with Gasteiger partial charge in [-0.15, -0.1) is 11.3 Å². The molecule has 1 aliphatic heterocycles. The summed E-state index contributed by atoms with van der Waals surface area (Å²) in [5, 5.41) is 5.86. The molecule has 2 N–H and O–H groups in total. The van der Waals surface area contributed by atoms with Gasteiger partial charge in [0, 0.05) is 30.7 Å². The minimum Gasteiger partial charge on any atom is -0.352 e. The van der Waals surface area contributed by atoms with Crippen LogP contribution in [0.1, 0.15) is 18.4 Å². The fourth-order valence-corrected chi connectivity index (χ4v) is 4.68. The number of benzene rings is 1. The molecule has 1 aromatic carbocycles. The molecule has 9 heteroatoms. The Bertz CT molecular complexity index is 845. The Balaban J connectivity index is 1.46. The summed E-state index contributed by atoms with van der Waals surface area (Å²) in [6.07, 6.45) is 3.42. The van der Waals surface area contributed by atoms with Crippen molar-refractivity contribution in [3.8, 4) is 0 Å². The number of sulfonamides is 1. The largest absolute Gasteiger partial charge is 0.352 e. The maximum Gasteiger partial charge on any atom is 0.241 e. The predicted octanol–water partition coefficient (Wildman–Crippen LogP) is 1.52. The van der Waals surface area contributed by atoms with Crippen molar-refractivity contribution in [1.29, 1.82) is 0 Å². The average molecular weight is 395 g/mol. The summed E-state index contributed by atoms with van der Waals surface area (Å²) in [4.78, 5) is 18.8. The van der Waals surface area contributed by atoms with Crippen LogP contribution in [-0.4, -0.2) is 45.0 Å². The molecule has 2 aromatic rings. The number of hydrogen-bond acceptors (Lipinski definition) is 6. The molecule has 26 heavy (non-hydrogen) atoms. The van der Waals surface area contributed by atoms with Gasteiger partial charge in [0.15, 0.2) is 5.13 Å². The van der Waals surface area contributed by atoms with Crippen LogP contribution in [0.5, 0.6) is 0 Å². The first-order valence-corrected chi connectivity index (χ1v) is 10.8. The summed E-state index contributed by atoms with van der Waals surface area (Å²) in [5.74, 6) is -0.311. The number of thiazole rings is 1. The fraction of sp³-hybridized carbons (Fsp3) is 0.412. The Hall–Kier alpha value is -1.97. The highest BCUT2D eigenvalue weighted by molar-refractivity contribution is 7.89. The lowest BCUT2D eigenvalue weighted by molar-refractivity contribution is -0.120. The van der Waals surface area contributed by atoms with E-state index in [4.69, 9.17) is 0 Å². The number of aromatic nitrogens is 1. The molecule has 1 saturated heterocycles. The molecule has 1 amide bonds. The van der Waals surface area contributed by atoms with Crippen molar-refractivity contribution >= 4 is 32.4 Å². The number of aryl methyl sites for hydroxylation is 1. The van der Waals surface area contributed by atoms with E-state index < -0.39 is 10.0 Å². The van der Waals surface area contributed by atoms with Crippen molar-refractivity contribution < 1.29 is 13.2 Å². The van der Waals surface area contributed by atoms with Gasteiger partial charge in [0.1, 0.15) is 0 Å². The molecule has 0 bridgehead atoms. The van der Waals surface area contributed by atoms with Crippen molar-refractivity contribution in [1.82, 2.24) is 15.0 Å². The number of nitrogens with one attached hydrogen (secondary N) is 2. The highest BCUT2D eigenvalue weighted by Gasteiger charge is 2.23. The summed E-state index contributed by atoms with van der Waals surface area (Å²) in [6.45, 7) is 3.22. The van der Waals surface area contributed by atoms with Gasteiger partial charge >= 0.3 is 0 Å². The quantitative estimate of drug-likeness (QED) is 0.775. The minimum atomic E-state index is -3.68. The maximum atomic E-state index is 12.3. The van der Waals surface area contributed by atoms with Crippen LogP contribution in [0.3, 0.4) is 0 Å². The lowest BCUT2D eigenvalue weighted by Gasteiger charge is -2.32. The topological polar surface area (TPSA) is 91.4 Å². The zero-order valence-corrected chi connectivity index (χ0v) is 16.1. The average Bonchev–Trinajstić information content (AvgIpc) is 3.15.